The molecule has 0 saturated carbocycles. The molecule has 0 spiro atoms. The maximum absolute atomic E-state index is 11.0. The average Bonchev–Trinajstić information content (AvgIpc) is 2.02. The van der Waals surface area contributed by atoms with Gasteiger partial charge in [0.15, 0.2) is 14.7 Å². The summed E-state index contributed by atoms with van der Waals surface area (Å²) in [6.45, 7) is 1.78. The summed E-state index contributed by atoms with van der Waals surface area (Å²) in [4.78, 5) is 10.4. The third-order valence-corrected chi connectivity index (χ3v) is 2.50. The third-order valence-electron chi connectivity index (χ3n) is 1.40. The highest BCUT2D eigenvalue weighted by Crippen LogP contribution is 2.09. The van der Waals surface area contributed by atoms with Crippen molar-refractivity contribution < 1.29 is 17.9 Å². The summed E-state index contributed by atoms with van der Waals surface area (Å²) in [7, 11) is -3.69. The van der Waals surface area contributed by atoms with E-state index in [0.29, 0.717) is 0 Å². The van der Waals surface area contributed by atoms with Crippen LogP contribution in [0.1, 0.15) is 13.3 Å². The predicted molar refractivity (Wildman–Crippen MR) is 52.9 cm³/mol. The predicted octanol–water partition coefficient (Wildman–Crippen LogP) is -0.322. The lowest BCUT2D eigenvalue weighted by Gasteiger charge is -2.03. The molecule has 0 fully saturated rings. The van der Waals surface area contributed by atoms with Gasteiger partial charge in [-0.25, -0.2) is 8.42 Å². The van der Waals surface area contributed by atoms with E-state index >= 15 is 0 Å². The Labute approximate surface area is 88.2 Å². The number of hydrogen-bond donors (Lipinski definition) is 1. The van der Waals surface area contributed by atoms with Crippen molar-refractivity contribution >= 4 is 15.8 Å². The first-order valence-corrected chi connectivity index (χ1v) is 5.96. The topological polar surface area (TPSA) is 110 Å². The number of sulfone groups is 1. The number of ether oxygens (including phenoxy) is 1. The first-order valence-electron chi connectivity index (χ1n) is 4.07. The molecule has 6 nitrogen and oxygen atoms in total. The Balaban J connectivity index is 4.95. The molecule has 0 aromatic carbocycles. The van der Waals surface area contributed by atoms with E-state index in [-0.39, 0.29) is 12.3 Å². The second-order valence-electron chi connectivity index (χ2n) is 2.72. The van der Waals surface area contributed by atoms with Crippen LogP contribution in [-0.2, 0) is 19.4 Å². The van der Waals surface area contributed by atoms with Crippen molar-refractivity contribution in [1.29, 1.82) is 5.26 Å². The maximum atomic E-state index is 11.0. The van der Waals surface area contributed by atoms with Gasteiger partial charge in [0.2, 0.25) is 0 Å². The van der Waals surface area contributed by atoms with Crippen LogP contribution in [0.3, 0.4) is 0 Å². The third kappa shape index (κ3) is 4.46. The number of carbonyl (C=O) groups excluding carboxylic acids is 1. The van der Waals surface area contributed by atoms with Gasteiger partial charge in [-0.15, -0.1) is 0 Å². The van der Waals surface area contributed by atoms with Gasteiger partial charge in [-0.1, -0.05) is 0 Å². The molecule has 7 heteroatoms. The molecule has 0 aliphatic heterocycles. The zero-order valence-electron chi connectivity index (χ0n) is 8.48. The lowest BCUT2D eigenvalue weighted by Crippen LogP contribution is -2.14. The summed E-state index contributed by atoms with van der Waals surface area (Å²) >= 11 is 0. The first kappa shape index (κ1) is 13.4. The van der Waals surface area contributed by atoms with E-state index < -0.39 is 27.1 Å². The fourth-order valence-corrected chi connectivity index (χ4v) is 1.55. The van der Waals surface area contributed by atoms with E-state index in [0.717, 1.165) is 6.26 Å². The van der Waals surface area contributed by atoms with Crippen LogP contribution in [0.5, 0.6) is 0 Å². The quantitative estimate of drug-likeness (QED) is 0.525. The number of hydrogen-bond acceptors (Lipinski definition) is 6. The molecule has 0 amide bonds. The molecule has 84 valence electrons. The zero-order chi connectivity index (χ0) is 12.1. The first-order chi connectivity index (χ1) is 6.82. The standard InChI is InChI=1S/C8H12N2O4S/c1-3-14-8(11)4-6(10)7(5-9)15(2,12)13/h3-4,10H2,1-2H3/b7-6+. The largest absolute Gasteiger partial charge is 0.466 e. The molecule has 0 radical (unpaired) electrons. The molecule has 2 N–H and O–H groups in total. The second-order valence-corrected chi connectivity index (χ2v) is 4.67. The van der Waals surface area contributed by atoms with Crippen LogP contribution in [0, 0.1) is 11.3 Å². The highest BCUT2D eigenvalue weighted by molar-refractivity contribution is 7.94. The molecular formula is C8H12N2O4S. The van der Waals surface area contributed by atoms with Crippen molar-refractivity contribution in [2.75, 3.05) is 12.9 Å². The van der Waals surface area contributed by atoms with Crippen molar-refractivity contribution in [2.45, 2.75) is 13.3 Å². The van der Waals surface area contributed by atoms with Gasteiger partial charge in [0.1, 0.15) is 6.07 Å². The van der Waals surface area contributed by atoms with Crippen LogP contribution < -0.4 is 5.73 Å². The molecule has 0 rings (SSSR count). The van der Waals surface area contributed by atoms with Crippen LogP contribution in [0.4, 0.5) is 0 Å². The minimum absolute atomic E-state index is 0.173. The summed E-state index contributed by atoms with van der Waals surface area (Å²) in [5, 5.41) is 8.56. The zero-order valence-corrected chi connectivity index (χ0v) is 9.30. The van der Waals surface area contributed by atoms with E-state index in [9.17, 15) is 13.2 Å². The Morgan fingerprint density at radius 2 is 2.07 bits per heavy atom. The summed E-state index contributed by atoms with van der Waals surface area (Å²) in [6, 6.07) is 1.45. The Morgan fingerprint density at radius 1 is 1.53 bits per heavy atom. The number of nitriles is 1. The SMILES string of the molecule is CCOC(=O)C/C(N)=C(/C#N)S(C)(=O)=O. The fraction of sp³-hybridized carbons (Fsp3) is 0.500. The van der Waals surface area contributed by atoms with Crippen molar-refractivity contribution in [2.24, 2.45) is 5.73 Å². The second kappa shape index (κ2) is 5.36. The van der Waals surface area contributed by atoms with Gasteiger partial charge in [0.25, 0.3) is 0 Å². The van der Waals surface area contributed by atoms with Crippen LogP contribution >= 0.6 is 0 Å². The lowest BCUT2D eigenvalue weighted by atomic mass is 10.3. The van der Waals surface area contributed by atoms with Crippen LogP contribution in [0.15, 0.2) is 10.6 Å². The molecule has 0 unspecified atom stereocenters. The molecule has 0 bridgehead atoms. The number of nitrogens with two attached hydrogens (primary N) is 1. The summed E-state index contributed by atoms with van der Waals surface area (Å²) < 4.78 is 26.6. The summed E-state index contributed by atoms with van der Waals surface area (Å²) in [5.41, 5.74) is 5.03. The number of allylic oxidation sites excluding steroid dienone is 1. The van der Waals surface area contributed by atoms with E-state index in [1.165, 1.54) is 6.07 Å². The Morgan fingerprint density at radius 3 is 2.40 bits per heavy atom. The van der Waals surface area contributed by atoms with E-state index in [2.05, 4.69) is 4.74 Å². The summed E-state index contributed by atoms with van der Waals surface area (Å²) in [6.07, 6.45) is 0.452. The van der Waals surface area contributed by atoms with Gasteiger partial charge in [0.05, 0.1) is 13.0 Å². The van der Waals surface area contributed by atoms with Crippen LogP contribution in [0.25, 0.3) is 0 Å². The average molecular weight is 232 g/mol. The van der Waals surface area contributed by atoms with Crippen LogP contribution in [0.2, 0.25) is 0 Å². The van der Waals surface area contributed by atoms with Crippen molar-refractivity contribution in [3.63, 3.8) is 0 Å². The monoisotopic (exact) mass is 232 g/mol. The summed E-state index contributed by atoms with van der Waals surface area (Å²) in [5.74, 6) is -0.661. The van der Waals surface area contributed by atoms with Crippen molar-refractivity contribution in [3.8, 4) is 6.07 Å². The molecule has 0 aromatic heterocycles. The van der Waals surface area contributed by atoms with Gasteiger partial charge in [-0.3, -0.25) is 4.79 Å². The molecule has 0 aromatic rings. The van der Waals surface area contributed by atoms with E-state index in [4.69, 9.17) is 11.0 Å². The lowest BCUT2D eigenvalue weighted by molar-refractivity contribution is -0.142. The Bertz CT molecular complexity index is 416. The smallest absolute Gasteiger partial charge is 0.311 e. The van der Waals surface area contributed by atoms with Gasteiger partial charge < -0.3 is 10.5 Å². The Kier molecular flexibility index (Phi) is 4.81. The van der Waals surface area contributed by atoms with Crippen molar-refractivity contribution in [1.82, 2.24) is 0 Å². The molecule has 0 saturated heterocycles. The molecule has 0 aliphatic rings. The number of esters is 1. The molecular weight excluding hydrogens is 220 g/mol. The van der Waals surface area contributed by atoms with E-state index in [1.807, 2.05) is 0 Å². The highest BCUT2D eigenvalue weighted by Gasteiger charge is 2.17. The minimum atomic E-state index is -3.69. The van der Waals surface area contributed by atoms with Crippen LogP contribution in [-0.4, -0.2) is 27.2 Å². The van der Waals surface area contributed by atoms with Gasteiger partial charge in [-0.05, 0) is 6.92 Å². The van der Waals surface area contributed by atoms with Gasteiger partial charge >= 0.3 is 5.97 Å². The number of carbonyl (C=O) groups is 1. The number of rotatable bonds is 4. The van der Waals surface area contributed by atoms with E-state index in [1.54, 1.807) is 6.92 Å². The van der Waals surface area contributed by atoms with Crippen molar-refractivity contribution in [3.05, 3.63) is 10.6 Å². The van der Waals surface area contributed by atoms with Gasteiger partial charge in [0, 0.05) is 12.0 Å². The molecule has 0 aliphatic carbocycles. The normalized spacial score (nSPS) is 12.6. The molecule has 0 atom stereocenters. The highest BCUT2D eigenvalue weighted by atomic mass is 32.2. The Hall–Kier alpha value is -1.55. The molecule has 15 heavy (non-hydrogen) atoms. The number of nitrogens with zero attached hydrogens (tertiary/aromatic N) is 1. The molecule has 0 heterocycles. The minimum Gasteiger partial charge on any atom is -0.466 e. The van der Waals surface area contributed by atoms with Gasteiger partial charge in [-0.2, -0.15) is 5.26 Å². The fourth-order valence-electron chi connectivity index (χ4n) is 0.841. The maximum Gasteiger partial charge on any atom is 0.311 e.